The van der Waals surface area contributed by atoms with Crippen molar-refractivity contribution in [3.63, 3.8) is 0 Å². The van der Waals surface area contributed by atoms with Gasteiger partial charge in [0.1, 0.15) is 0 Å². The average Bonchev–Trinajstić information content (AvgIpc) is 2.88. The van der Waals surface area contributed by atoms with E-state index in [9.17, 15) is 10.1 Å². The summed E-state index contributed by atoms with van der Waals surface area (Å²) in [7, 11) is 0. The minimum absolute atomic E-state index is 0.210. The zero-order valence-corrected chi connectivity index (χ0v) is 12.3. The van der Waals surface area contributed by atoms with Crippen LogP contribution in [0.15, 0.2) is 18.2 Å². The van der Waals surface area contributed by atoms with Crippen LogP contribution in [0.2, 0.25) is 0 Å². The van der Waals surface area contributed by atoms with Crippen molar-refractivity contribution < 1.29 is 4.92 Å². The Kier molecular flexibility index (Phi) is 5.09. The molecule has 1 aromatic rings. The number of rotatable bonds is 6. The van der Waals surface area contributed by atoms with Crippen LogP contribution in [0.4, 0.5) is 5.69 Å². The summed E-state index contributed by atoms with van der Waals surface area (Å²) in [4.78, 5) is 13.1. The number of hydrogen-bond donors (Lipinski definition) is 1. The summed E-state index contributed by atoms with van der Waals surface area (Å²) in [5.74, 6) is 0.703. The zero-order valence-electron chi connectivity index (χ0n) is 12.3. The molecule has 5 nitrogen and oxygen atoms in total. The normalized spacial score (nSPS) is 19.4. The molecule has 1 atom stereocenters. The third-order valence-electron chi connectivity index (χ3n) is 4.18. The Labute approximate surface area is 120 Å². The van der Waals surface area contributed by atoms with E-state index in [2.05, 4.69) is 17.1 Å². The van der Waals surface area contributed by atoms with Crippen LogP contribution in [-0.2, 0) is 6.54 Å². The molecule has 5 heteroatoms. The topological polar surface area (TPSA) is 58.4 Å². The van der Waals surface area contributed by atoms with Gasteiger partial charge in [-0.1, -0.05) is 19.1 Å². The lowest BCUT2D eigenvalue weighted by molar-refractivity contribution is -0.385. The Hall–Kier alpha value is -1.46. The monoisotopic (exact) mass is 277 g/mol. The molecule has 0 saturated carbocycles. The van der Waals surface area contributed by atoms with Gasteiger partial charge in [0.25, 0.3) is 5.69 Å². The molecule has 1 aliphatic heterocycles. The maximum absolute atomic E-state index is 10.9. The van der Waals surface area contributed by atoms with Crippen molar-refractivity contribution in [2.45, 2.75) is 26.8 Å². The van der Waals surface area contributed by atoms with E-state index < -0.39 is 0 Å². The molecule has 1 unspecified atom stereocenters. The molecule has 0 radical (unpaired) electrons. The molecule has 2 rings (SSSR count). The van der Waals surface area contributed by atoms with Gasteiger partial charge in [-0.15, -0.1) is 0 Å². The van der Waals surface area contributed by atoms with E-state index in [0.717, 1.165) is 30.8 Å². The maximum Gasteiger partial charge on any atom is 0.272 e. The standard InChI is InChI=1S/C15H23N3O2/c1-3-17-8-7-13(11-17)9-16-10-14-5-4-6-15(12(14)2)18(19)20/h4-6,13,16H,3,7-11H2,1-2H3. The third kappa shape index (κ3) is 3.55. The van der Waals surface area contributed by atoms with E-state index in [-0.39, 0.29) is 10.6 Å². The second-order valence-electron chi connectivity index (χ2n) is 5.50. The van der Waals surface area contributed by atoms with Gasteiger partial charge in [-0.05, 0) is 44.5 Å². The largest absolute Gasteiger partial charge is 0.312 e. The molecular weight excluding hydrogens is 254 g/mol. The lowest BCUT2D eigenvalue weighted by Crippen LogP contribution is -2.26. The molecule has 1 aromatic carbocycles. The van der Waals surface area contributed by atoms with Crippen LogP contribution in [0.1, 0.15) is 24.5 Å². The minimum Gasteiger partial charge on any atom is -0.312 e. The Bertz CT molecular complexity index is 476. The summed E-state index contributed by atoms with van der Waals surface area (Å²) >= 11 is 0. The molecule has 1 N–H and O–H groups in total. The first kappa shape index (κ1) is 14.9. The maximum atomic E-state index is 10.9. The summed E-state index contributed by atoms with van der Waals surface area (Å²) in [6, 6.07) is 5.29. The van der Waals surface area contributed by atoms with E-state index in [1.54, 1.807) is 12.1 Å². The molecular formula is C15H23N3O2. The van der Waals surface area contributed by atoms with Crippen molar-refractivity contribution in [1.29, 1.82) is 0 Å². The van der Waals surface area contributed by atoms with Crippen molar-refractivity contribution in [1.82, 2.24) is 10.2 Å². The predicted molar refractivity (Wildman–Crippen MR) is 79.8 cm³/mol. The number of hydrogen-bond acceptors (Lipinski definition) is 4. The van der Waals surface area contributed by atoms with E-state index in [4.69, 9.17) is 0 Å². The van der Waals surface area contributed by atoms with Gasteiger partial charge in [0.15, 0.2) is 0 Å². The smallest absolute Gasteiger partial charge is 0.272 e. The molecule has 0 spiro atoms. The van der Waals surface area contributed by atoms with Crippen LogP contribution in [0.25, 0.3) is 0 Å². The fraction of sp³-hybridized carbons (Fsp3) is 0.600. The van der Waals surface area contributed by atoms with Gasteiger partial charge in [0.05, 0.1) is 4.92 Å². The number of benzene rings is 1. The van der Waals surface area contributed by atoms with Crippen LogP contribution in [0, 0.1) is 23.0 Å². The zero-order chi connectivity index (χ0) is 14.5. The van der Waals surface area contributed by atoms with Crippen LogP contribution in [-0.4, -0.2) is 36.0 Å². The number of nitrogens with one attached hydrogen (secondary N) is 1. The molecule has 0 amide bonds. The highest BCUT2D eigenvalue weighted by Gasteiger charge is 2.20. The molecule has 1 saturated heterocycles. The summed E-state index contributed by atoms with van der Waals surface area (Å²) in [5, 5.41) is 14.4. The highest BCUT2D eigenvalue weighted by atomic mass is 16.6. The predicted octanol–water partition coefficient (Wildman–Crippen LogP) is 2.33. The molecule has 1 heterocycles. The fourth-order valence-corrected chi connectivity index (χ4v) is 2.84. The molecule has 1 fully saturated rings. The molecule has 0 aliphatic carbocycles. The fourth-order valence-electron chi connectivity index (χ4n) is 2.84. The summed E-state index contributed by atoms with van der Waals surface area (Å²) in [6.07, 6.45) is 1.24. The molecule has 0 bridgehead atoms. The van der Waals surface area contributed by atoms with Gasteiger partial charge >= 0.3 is 0 Å². The Balaban J connectivity index is 1.86. The summed E-state index contributed by atoms with van der Waals surface area (Å²) < 4.78 is 0. The van der Waals surface area contributed by atoms with Crippen molar-refractivity contribution in [2.75, 3.05) is 26.2 Å². The second-order valence-corrected chi connectivity index (χ2v) is 5.50. The van der Waals surface area contributed by atoms with Crippen LogP contribution in [0.5, 0.6) is 0 Å². The number of nitro benzene ring substituents is 1. The van der Waals surface area contributed by atoms with Crippen molar-refractivity contribution in [3.05, 3.63) is 39.4 Å². The van der Waals surface area contributed by atoms with Gasteiger partial charge in [-0.2, -0.15) is 0 Å². The van der Waals surface area contributed by atoms with Gasteiger partial charge in [-0.3, -0.25) is 10.1 Å². The van der Waals surface area contributed by atoms with E-state index in [0.29, 0.717) is 12.5 Å². The highest BCUT2D eigenvalue weighted by molar-refractivity contribution is 5.44. The van der Waals surface area contributed by atoms with Crippen molar-refractivity contribution in [3.8, 4) is 0 Å². The SMILES string of the molecule is CCN1CCC(CNCc2cccc([N+](=O)[O-])c2C)C1. The van der Waals surface area contributed by atoms with Gasteiger partial charge in [0.2, 0.25) is 0 Å². The lowest BCUT2D eigenvalue weighted by atomic mass is 10.1. The van der Waals surface area contributed by atoms with Crippen molar-refractivity contribution in [2.24, 2.45) is 5.92 Å². The molecule has 1 aliphatic rings. The molecule has 110 valence electrons. The minimum atomic E-state index is -0.311. The summed E-state index contributed by atoms with van der Waals surface area (Å²) in [6.45, 7) is 9.19. The van der Waals surface area contributed by atoms with Crippen LogP contribution in [0.3, 0.4) is 0 Å². The Morgan fingerprint density at radius 3 is 2.95 bits per heavy atom. The Morgan fingerprint density at radius 1 is 1.50 bits per heavy atom. The number of likely N-dealkylation sites (tertiary alicyclic amines) is 1. The quantitative estimate of drug-likeness (QED) is 0.640. The second kappa shape index (κ2) is 6.81. The highest BCUT2D eigenvalue weighted by Crippen LogP contribution is 2.21. The van der Waals surface area contributed by atoms with Gasteiger partial charge in [0, 0.05) is 24.7 Å². The van der Waals surface area contributed by atoms with Gasteiger partial charge in [-0.25, -0.2) is 0 Å². The van der Waals surface area contributed by atoms with Crippen LogP contribution >= 0.6 is 0 Å². The molecule has 0 aromatic heterocycles. The van der Waals surface area contributed by atoms with E-state index in [1.165, 1.54) is 13.0 Å². The molecule has 20 heavy (non-hydrogen) atoms. The summed E-state index contributed by atoms with van der Waals surface area (Å²) in [5.41, 5.74) is 2.00. The first-order chi connectivity index (χ1) is 9.61. The van der Waals surface area contributed by atoms with E-state index in [1.807, 2.05) is 13.0 Å². The average molecular weight is 277 g/mol. The van der Waals surface area contributed by atoms with Gasteiger partial charge < -0.3 is 10.2 Å². The number of nitrogens with zero attached hydrogens (tertiary/aromatic N) is 2. The van der Waals surface area contributed by atoms with E-state index >= 15 is 0 Å². The lowest BCUT2D eigenvalue weighted by Gasteiger charge is -2.14. The first-order valence-electron chi connectivity index (χ1n) is 7.27. The Morgan fingerprint density at radius 2 is 2.30 bits per heavy atom. The van der Waals surface area contributed by atoms with Crippen molar-refractivity contribution >= 4 is 5.69 Å². The third-order valence-corrected chi connectivity index (χ3v) is 4.18. The number of nitro groups is 1. The first-order valence-corrected chi connectivity index (χ1v) is 7.27. The van der Waals surface area contributed by atoms with Crippen LogP contribution < -0.4 is 5.32 Å².